The molecule has 0 radical (unpaired) electrons. The number of hydrogen-bond acceptors (Lipinski definition) is 7. The predicted octanol–water partition coefficient (Wildman–Crippen LogP) is 4.00. The summed E-state index contributed by atoms with van der Waals surface area (Å²) in [6.07, 6.45) is 2.82. The van der Waals surface area contributed by atoms with E-state index in [0.29, 0.717) is 31.1 Å². The van der Waals surface area contributed by atoms with E-state index in [4.69, 9.17) is 4.74 Å². The number of thioether (sulfide) groups is 1. The Morgan fingerprint density at radius 1 is 1.05 bits per heavy atom. The van der Waals surface area contributed by atoms with Crippen molar-refractivity contribution in [1.82, 2.24) is 30.7 Å². The highest BCUT2D eigenvalue weighted by Crippen LogP contribution is 2.22. The number of carbonyl (C=O) groups is 3. The molecule has 3 rings (SSSR count). The lowest BCUT2D eigenvalue weighted by Gasteiger charge is -2.25. The minimum atomic E-state index is -0.619. The molecule has 1 atom stereocenters. The summed E-state index contributed by atoms with van der Waals surface area (Å²) in [6.45, 7) is 7.61. The minimum Gasteiger partial charge on any atom is -0.444 e. The number of aryl methyl sites for hydroxylation is 1. The third-order valence-corrected chi connectivity index (χ3v) is 7.04. The Morgan fingerprint density at radius 3 is 2.46 bits per heavy atom. The van der Waals surface area contributed by atoms with Crippen LogP contribution in [0, 0.1) is 0 Å². The first-order valence-electron chi connectivity index (χ1n) is 13.8. The van der Waals surface area contributed by atoms with Crippen LogP contribution in [-0.4, -0.2) is 83.9 Å². The van der Waals surface area contributed by atoms with Crippen LogP contribution in [0.5, 0.6) is 0 Å². The first-order valence-corrected chi connectivity index (χ1v) is 14.8. The zero-order valence-corrected chi connectivity index (χ0v) is 25.4. The average Bonchev–Trinajstić information content (AvgIpc) is 3.34. The summed E-state index contributed by atoms with van der Waals surface area (Å²) in [5.41, 5.74) is 2.29. The summed E-state index contributed by atoms with van der Waals surface area (Å²) >= 11 is 1.50. The molecule has 4 amide bonds. The number of rotatable bonds is 12. The van der Waals surface area contributed by atoms with Crippen molar-refractivity contribution in [2.45, 2.75) is 51.8 Å². The molecule has 11 heteroatoms. The van der Waals surface area contributed by atoms with Gasteiger partial charge in [0.15, 0.2) is 0 Å². The number of hydrogen-bond donors (Lipinski definition) is 3. The fraction of sp³-hybridized carbons (Fsp3) is 0.467. The Hall–Kier alpha value is -3.57. The van der Waals surface area contributed by atoms with Gasteiger partial charge in [0, 0.05) is 38.1 Å². The van der Waals surface area contributed by atoms with E-state index >= 15 is 0 Å². The number of alkyl carbamates (subject to hydrolysis) is 1. The maximum absolute atomic E-state index is 13.0. The summed E-state index contributed by atoms with van der Waals surface area (Å²) in [4.78, 5) is 46.2. The van der Waals surface area contributed by atoms with Gasteiger partial charge in [0.05, 0.1) is 11.7 Å². The second-order valence-electron chi connectivity index (χ2n) is 11.2. The number of aromatic nitrogens is 1. The van der Waals surface area contributed by atoms with Crippen LogP contribution in [0.1, 0.15) is 48.8 Å². The van der Waals surface area contributed by atoms with Crippen molar-refractivity contribution in [2.75, 3.05) is 39.5 Å². The number of amides is 4. The van der Waals surface area contributed by atoms with Gasteiger partial charge in [-0.25, -0.2) is 9.59 Å². The lowest BCUT2D eigenvalue weighted by Crippen LogP contribution is -2.43. The molecule has 1 aromatic carbocycles. The fourth-order valence-corrected chi connectivity index (χ4v) is 4.94. The molecule has 1 aromatic heterocycles. The molecular weight excluding hydrogens is 540 g/mol. The van der Waals surface area contributed by atoms with Crippen LogP contribution in [0.15, 0.2) is 59.8 Å². The fourth-order valence-electron chi connectivity index (χ4n) is 3.99. The zero-order chi connectivity index (χ0) is 29.8. The number of carbonyl (C=O) groups excluding carboxylic acids is 3. The molecule has 0 bridgehead atoms. The van der Waals surface area contributed by atoms with Gasteiger partial charge >= 0.3 is 12.1 Å². The summed E-state index contributed by atoms with van der Waals surface area (Å²) in [6, 6.07) is 13.2. The van der Waals surface area contributed by atoms with Crippen LogP contribution >= 0.6 is 11.8 Å². The molecule has 1 aliphatic heterocycles. The molecule has 0 fully saturated rings. The highest BCUT2D eigenvalue weighted by molar-refractivity contribution is 8.02. The molecule has 3 N–H and O–H groups in total. The van der Waals surface area contributed by atoms with Crippen molar-refractivity contribution in [2.24, 2.45) is 0 Å². The molecule has 0 saturated carbocycles. The van der Waals surface area contributed by atoms with Crippen LogP contribution in [0.25, 0.3) is 0 Å². The average molecular weight is 583 g/mol. The molecule has 2 heterocycles. The smallest absolute Gasteiger partial charge is 0.411 e. The van der Waals surface area contributed by atoms with E-state index in [2.05, 4.69) is 33.1 Å². The molecule has 0 spiro atoms. The van der Waals surface area contributed by atoms with E-state index in [1.165, 1.54) is 17.3 Å². The maximum atomic E-state index is 13.0. The summed E-state index contributed by atoms with van der Waals surface area (Å²) in [7, 11) is 3.94. The molecule has 2 aromatic rings. The van der Waals surface area contributed by atoms with Gasteiger partial charge in [-0.2, -0.15) is 0 Å². The van der Waals surface area contributed by atoms with Gasteiger partial charge in [0.1, 0.15) is 11.3 Å². The van der Waals surface area contributed by atoms with Crippen LogP contribution in [0.2, 0.25) is 0 Å². The zero-order valence-electron chi connectivity index (χ0n) is 24.6. The summed E-state index contributed by atoms with van der Waals surface area (Å²) < 4.78 is 5.31. The number of benzene rings is 1. The van der Waals surface area contributed by atoms with Crippen LogP contribution in [0.4, 0.5) is 9.59 Å². The van der Waals surface area contributed by atoms with Crippen molar-refractivity contribution in [3.63, 3.8) is 0 Å². The second-order valence-corrected chi connectivity index (χ2v) is 12.1. The van der Waals surface area contributed by atoms with E-state index in [-0.39, 0.29) is 23.7 Å². The summed E-state index contributed by atoms with van der Waals surface area (Å²) in [5.74, 6) is 0.248. The quantitative estimate of drug-likeness (QED) is 0.324. The largest absolute Gasteiger partial charge is 0.444 e. The summed E-state index contributed by atoms with van der Waals surface area (Å²) in [5, 5.41) is 10.5. The van der Waals surface area contributed by atoms with Crippen molar-refractivity contribution >= 4 is 29.8 Å². The Labute approximate surface area is 247 Å². The van der Waals surface area contributed by atoms with Crippen molar-refractivity contribution in [3.05, 3.63) is 76.6 Å². The molecule has 1 unspecified atom stereocenters. The van der Waals surface area contributed by atoms with Crippen LogP contribution < -0.4 is 16.0 Å². The normalized spacial score (nSPS) is 14.8. The number of ether oxygens (including phenoxy) is 1. The van der Waals surface area contributed by atoms with E-state index in [9.17, 15) is 14.4 Å². The van der Waals surface area contributed by atoms with Gasteiger partial charge in [-0.1, -0.05) is 36.4 Å². The van der Waals surface area contributed by atoms with Crippen molar-refractivity contribution in [1.29, 1.82) is 0 Å². The highest BCUT2D eigenvalue weighted by Gasteiger charge is 2.26. The first-order chi connectivity index (χ1) is 19.5. The Morgan fingerprint density at radius 2 is 1.80 bits per heavy atom. The Bertz CT molecular complexity index is 1180. The van der Waals surface area contributed by atoms with Gasteiger partial charge in [-0.15, -0.1) is 11.8 Å². The third-order valence-electron chi connectivity index (χ3n) is 6.10. The van der Waals surface area contributed by atoms with E-state index in [1.807, 2.05) is 43.3 Å². The lowest BCUT2D eigenvalue weighted by atomic mass is 10.1. The highest BCUT2D eigenvalue weighted by atomic mass is 32.2. The van der Waals surface area contributed by atoms with Gasteiger partial charge in [0.25, 0.3) is 5.91 Å². The number of likely N-dealkylation sites (N-methyl/N-ethyl adjacent to an activating group) is 1. The maximum Gasteiger partial charge on any atom is 0.411 e. The SMILES string of the molecule is CN(C)CCN(Cc1ccc(C(=O)NC2CSC=C2NC(=O)OC(C)(C)C)nc1)C(=O)NCCCc1ccccc1. The van der Waals surface area contributed by atoms with E-state index < -0.39 is 11.7 Å². The molecule has 41 heavy (non-hydrogen) atoms. The predicted molar refractivity (Wildman–Crippen MR) is 163 cm³/mol. The Balaban J connectivity index is 1.53. The van der Waals surface area contributed by atoms with Gasteiger partial charge < -0.3 is 25.2 Å². The third kappa shape index (κ3) is 11.4. The standard InChI is InChI=1S/C30H42N6O4S/c1-30(2,3)40-29(39)34-26-21-41-20-25(26)33-27(37)24-14-13-23(18-32-24)19-36(17-16-35(4)5)28(38)31-15-9-12-22-10-7-6-8-11-22/h6-8,10-11,13-14,18,21,25H,9,12,15-17,19-20H2,1-5H3,(H,31,38)(H,33,37)(H,34,39). The van der Waals surface area contributed by atoms with Gasteiger partial charge in [-0.05, 0) is 70.3 Å². The van der Waals surface area contributed by atoms with Crippen LogP contribution in [0.3, 0.4) is 0 Å². The molecular formula is C30H42N6O4S. The molecule has 222 valence electrons. The number of nitrogens with one attached hydrogen (secondary N) is 3. The van der Waals surface area contributed by atoms with Crippen LogP contribution in [-0.2, 0) is 17.7 Å². The number of urea groups is 1. The topological polar surface area (TPSA) is 116 Å². The monoisotopic (exact) mass is 582 g/mol. The number of pyridine rings is 1. The lowest BCUT2D eigenvalue weighted by molar-refractivity contribution is 0.0541. The van der Waals surface area contributed by atoms with Crippen molar-refractivity contribution in [3.8, 4) is 0 Å². The molecule has 0 saturated heterocycles. The minimum absolute atomic E-state index is 0.128. The Kier molecular flexibility index (Phi) is 12.0. The second kappa shape index (κ2) is 15.4. The molecule has 0 aliphatic carbocycles. The van der Waals surface area contributed by atoms with E-state index in [1.54, 1.807) is 43.3 Å². The first kappa shape index (κ1) is 32.0. The van der Waals surface area contributed by atoms with Gasteiger partial charge in [0.2, 0.25) is 0 Å². The molecule has 10 nitrogen and oxygen atoms in total. The number of nitrogens with zero attached hydrogens (tertiary/aromatic N) is 3. The van der Waals surface area contributed by atoms with Crippen molar-refractivity contribution < 1.29 is 19.1 Å². The van der Waals surface area contributed by atoms with E-state index in [0.717, 1.165) is 24.9 Å². The van der Waals surface area contributed by atoms with Gasteiger partial charge in [-0.3, -0.25) is 15.1 Å². The molecule has 1 aliphatic rings.